The second kappa shape index (κ2) is 4.89. The van der Waals surface area contributed by atoms with E-state index in [9.17, 15) is 0 Å². The van der Waals surface area contributed by atoms with Crippen molar-refractivity contribution in [3.05, 3.63) is 0 Å². The van der Waals surface area contributed by atoms with Crippen molar-refractivity contribution < 1.29 is 0 Å². The molecule has 0 heterocycles. The topological polar surface area (TPSA) is 52.0 Å². The average molecular weight is 238 g/mol. The molecule has 0 saturated heterocycles. The summed E-state index contributed by atoms with van der Waals surface area (Å²) in [6, 6.07) is 0. The van der Waals surface area contributed by atoms with Gasteiger partial charge in [0, 0.05) is 11.1 Å². The van der Waals surface area contributed by atoms with Crippen LogP contribution in [0.5, 0.6) is 0 Å². The molecule has 2 saturated carbocycles. The maximum absolute atomic E-state index is 6.63. The molecule has 4 N–H and O–H groups in total. The lowest BCUT2D eigenvalue weighted by molar-refractivity contribution is 0.137. The highest BCUT2D eigenvalue weighted by molar-refractivity contribution is 5.00. The zero-order chi connectivity index (χ0) is 12.5. The van der Waals surface area contributed by atoms with E-state index in [-0.39, 0.29) is 11.1 Å². The standard InChI is InChI=1S/C15H30N2/c1-12-5-3-7-14(16,9-12)11-15(17)8-4-6-13(2)10-15/h12-13H,3-11,16-17H2,1-2H3. The maximum atomic E-state index is 6.63. The molecule has 4 atom stereocenters. The predicted molar refractivity (Wildman–Crippen MR) is 73.7 cm³/mol. The number of nitrogens with two attached hydrogens (primary N) is 2. The highest BCUT2D eigenvalue weighted by Gasteiger charge is 2.40. The molecule has 0 spiro atoms. The average Bonchev–Trinajstić information content (AvgIpc) is 2.14. The molecule has 2 nitrogen and oxygen atoms in total. The van der Waals surface area contributed by atoms with Crippen molar-refractivity contribution in [2.45, 2.75) is 82.7 Å². The van der Waals surface area contributed by atoms with Gasteiger partial charge in [0.25, 0.3) is 0 Å². The molecule has 0 aromatic carbocycles. The zero-order valence-electron chi connectivity index (χ0n) is 11.7. The molecule has 0 radical (unpaired) electrons. The Labute approximate surface area is 107 Å². The second-order valence-corrected chi connectivity index (χ2v) is 7.30. The molecule has 100 valence electrons. The first-order chi connectivity index (χ1) is 7.91. The summed E-state index contributed by atoms with van der Waals surface area (Å²) in [5.41, 5.74) is 13.3. The number of rotatable bonds is 2. The molecule has 2 heteroatoms. The fourth-order valence-electron chi connectivity index (χ4n) is 4.42. The third kappa shape index (κ3) is 3.45. The molecule has 2 rings (SSSR count). The van der Waals surface area contributed by atoms with Crippen LogP contribution in [0, 0.1) is 11.8 Å². The Bertz CT molecular complexity index is 240. The molecule has 0 aromatic heterocycles. The van der Waals surface area contributed by atoms with Gasteiger partial charge in [-0.25, -0.2) is 0 Å². The predicted octanol–water partition coefficient (Wildman–Crippen LogP) is 3.19. The molecular formula is C15H30N2. The minimum absolute atomic E-state index is 0.0312. The van der Waals surface area contributed by atoms with Crippen molar-refractivity contribution in [1.29, 1.82) is 0 Å². The van der Waals surface area contributed by atoms with Gasteiger partial charge in [0.2, 0.25) is 0 Å². The van der Waals surface area contributed by atoms with Gasteiger partial charge in [0.05, 0.1) is 0 Å². The summed E-state index contributed by atoms with van der Waals surface area (Å²) in [4.78, 5) is 0. The lowest BCUT2D eigenvalue weighted by Gasteiger charge is -2.46. The number of hydrogen-bond acceptors (Lipinski definition) is 2. The lowest BCUT2D eigenvalue weighted by atomic mass is 9.66. The van der Waals surface area contributed by atoms with Crippen LogP contribution >= 0.6 is 0 Å². The van der Waals surface area contributed by atoms with Gasteiger partial charge in [-0.15, -0.1) is 0 Å². The fourth-order valence-corrected chi connectivity index (χ4v) is 4.42. The third-order valence-corrected chi connectivity index (χ3v) is 4.96. The molecule has 0 aliphatic heterocycles. The van der Waals surface area contributed by atoms with Crippen molar-refractivity contribution in [3.63, 3.8) is 0 Å². The van der Waals surface area contributed by atoms with E-state index in [1.807, 2.05) is 0 Å². The monoisotopic (exact) mass is 238 g/mol. The fraction of sp³-hybridized carbons (Fsp3) is 1.00. The van der Waals surface area contributed by atoms with Crippen molar-refractivity contribution in [1.82, 2.24) is 0 Å². The summed E-state index contributed by atoms with van der Waals surface area (Å²) in [5, 5.41) is 0. The molecule has 2 aliphatic carbocycles. The van der Waals surface area contributed by atoms with Crippen LogP contribution in [-0.2, 0) is 0 Å². The highest BCUT2D eigenvalue weighted by Crippen LogP contribution is 2.40. The van der Waals surface area contributed by atoms with Crippen LogP contribution in [0.15, 0.2) is 0 Å². The van der Waals surface area contributed by atoms with Crippen LogP contribution < -0.4 is 11.5 Å². The first-order valence-corrected chi connectivity index (χ1v) is 7.49. The first-order valence-electron chi connectivity index (χ1n) is 7.49. The Morgan fingerprint density at radius 2 is 1.29 bits per heavy atom. The first kappa shape index (κ1) is 13.4. The molecule has 0 aromatic rings. The van der Waals surface area contributed by atoms with E-state index in [2.05, 4.69) is 13.8 Å². The second-order valence-electron chi connectivity index (χ2n) is 7.30. The molecule has 0 amide bonds. The van der Waals surface area contributed by atoms with Gasteiger partial charge in [0.1, 0.15) is 0 Å². The van der Waals surface area contributed by atoms with Crippen LogP contribution in [0.1, 0.15) is 71.6 Å². The van der Waals surface area contributed by atoms with Gasteiger partial charge in [-0.05, 0) is 43.9 Å². The minimum atomic E-state index is 0.0312. The number of hydrogen-bond donors (Lipinski definition) is 2. The van der Waals surface area contributed by atoms with Gasteiger partial charge in [-0.1, -0.05) is 39.5 Å². The van der Waals surface area contributed by atoms with E-state index in [0.717, 1.165) is 18.3 Å². The summed E-state index contributed by atoms with van der Waals surface area (Å²) in [7, 11) is 0. The van der Waals surface area contributed by atoms with Crippen LogP contribution in [0.4, 0.5) is 0 Å². The van der Waals surface area contributed by atoms with Crippen molar-refractivity contribution >= 4 is 0 Å². The van der Waals surface area contributed by atoms with Crippen LogP contribution in [0.25, 0.3) is 0 Å². The van der Waals surface area contributed by atoms with Gasteiger partial charge in [0.15, 0.2) is 0 Å². The van der Waals surface area contributed by atoms with Crippen LogP contribution in [0.2, 0.25) is 0 Å². The third-order valence-electron chi connectivity index (χ3n) is 4.96. The van der Waals surface area contributed by atoms with Crippen molar-refractivity contribution in [2.24, 2.45) is 23.3 Å². The van der Waals surface area contributed by atoms with Gasteiger partial charge in [-0.3, -0.25) is 0 Å². The minimum Gasteiger partial charge on any atom is -0.325 e. The molecule has 4 unspecified atom stereocenters. The quantitative estimate of drug-likeness (QED) is 0.776. The smallest absolute Gasteiger partial charge is 0.0174 e. The van der Waals surface area contributed by atoms with E-state index in [1.54, 1.807) is 0 Å². The largest absolute Gasteiger partial charge is 0.325 e. The Morgan fingerprint density at radius 1 is 0.882 bits per heavy atom. The normalized spacial score (nSPS) is 48.0. The van der Waals surface area contributed by atoms with Crippen LogP contribution in [0.3, 0.4) is 0 Å². The lowest BCUT2D eigenvalue weighted by Crippen LogP contribution is -2.55. The SMILES string of the molecule is CC1CCCC(N)(CC2(N)CCCC(C)C2)C1. The Hall–Kier alpha value is -0.0800. The highest BCUT2D eigenvalue weighted by atomic mass is 14.8. The van der Waals surface area contributed by atoms with E-state index in [4.69, 9.17) is 11.5 Å². The Kier molecular flexibility index (Phi) is 3.84. The van der Waals surface area contributed by atoms with Gasteiger partial charge >= 0.3 is 0 Å². The molecular weight excluding hydrogens is 208 g/mol. The van der Waals surface area contributed by atoms with E-state index in [1.165, 1.54) is 51.4 Å². The molecule has 2 aliphatic rings. The Morgan fingerprint density at radius 3 is 1.65 bits per heavy atom. The summed E-state index contributed by atoms with van der Waals surface area (Å²) >= 11 is 0. The molecule has 2 fully saturated rings. The summed E-state index contributed by atoms with van der Waals surface area (Å²) in [6.45, 7) is 4.68. The summed E-state index contributed by atoms with van der Waals surface area (Å²) in [5.74, 6) is 1.58. The summed E-state index contributed by atoms with van der Waals surface area (Å²) in [6.07, 6.45) is 11.1. The van der Waals surface area contributed by atoms with Crippen molar-refractivity contribution in [3.8, 4) is 0 Å². The van der Waals surface area contributed by atoms with Gasteiger partial charge < -0.3 is 11.5 Å². The zero-order valence-corrected chi connectivity index (χ0v) is 11.7. The summed E-state index contributed by atoms with van der Waals surface area (Å²) < 4.78 is 0. The van der Waals surface area contributed by atoms with E-state index in [0.29, 0.717) is 0 Å². The molecule has 17 heavy (non-hydrogen) atoms. The van der Waals surface area contributed by atoms with Gasteiger partial charge in [-0.2, -0.15) is 0 Å². The Balaban J connectivity index is 1.98. The molecule has 0 bridgehead atoms. The van der Waals surface area contributed by atoms with E-state index >= 15 is 0 Å². The van der Waals surface area contributed by atoms with Crippen LogP contribution in [-0.4, -0.2) is 11.1 Å². The van der Waals surface area contributed by atoms with Crippen molar-refractivity contribution in [2.75, 3.05) is 0 Å². The van der Waals surface area contributed by atoms with E-state index < -0.39 is 0 Å². The maximum Gasteiger partial charge on any atom is 0.0174 e.